The van der Waals surface area contributed by atoms with Crippen molar-refractivity contribution in [2.45, 2.75) is 11.6 Å². The summed E-state index contributed by atoms with van der Waals surface area (Å²) in [5, 5.41) is 18.2. The summed E-state index contributed by atoms with van der Waals surface area (Å²) in [5.41, 5.74) is 1.85. The topological polar surface area (TPSA) is 102 Å². The number of rotatable bonds is 7. The first-order valence-corrected chi connectivity index (χ1v) is 9.93. The molecule has 2 aromatic carbocycles. The molecule has 2 N–H and O–H groups in total. The maximum absolute atomic E-state index is 12.2. The smallest absolute Gasteiger partial charge is 0.251 e. The molecule has 0 aliphatic rings. The SMILES string of the molecule is CSc1nnnn1-c1cccc(NC(=O)CCNC(=O)c2ccc(Cl)cc2)c1. The van der Waals surface area contributed by atoms with Crippen molar-refractivity contribution in [1.82, 2.24) is 25.5 Å². The van der Waals surface area contributed by atoms with Gasteiger partial charge in [-0.25, -0.2) is 0 Å². The first-order valence-electron chi connectivity index (χ1n) is 8.33. The van der Waals surface area contributed by atoms with E-state index in [1.807, 2.05) is 12.3 Å². The number of amides is 2. The summed E-state index contributed by atoms with van der Waals surface area (Å²) in [4.78, 5) is 24.2. The summed E-state index contributed by atoms with van der Waals surface area (Å²) >= 11 is 7.22. The van der Waals surface area contributed by atoms with Crippen molar-refractivity contribution in [2.75, 3.05) is 18.1 Å². The number of thioether (sulfide) groups is 1. The molecule has 28 heavy (non-hydrogen) atoms. The van der Waals surface area contributed by atoms with E-state index in [0.29, 0.717) is 21.4 Å². The molecule has 10 heteroatoms. The van der Waals surface area contributed by atoms with Crippen molar-refractivity contribution >= 4 is 40.9 Å². The lowest BCUT2D eigenvalue weighted by Crippen LogP contribution is -2.27. The van der Waals surface area contributed by atoms with Gasteiger partial charge in [-0.1, -0.05) is 29.4 Å². The highest BCUT2D eigenvalue weighted by molar-refractivity contribution is 7.98. The van der Waals surface area contributed by atoms with E-state index in [4.69, 9.17) is 11.6 Å². The minimum atomic E-state index is -0.255. The van der Waals surface area contributed by atoms with Crippen molar-refractivity contribution in [3.8, 4) is 5.69 Å². The summed E-state index contributed by atoms with van der Waals surface area (Å²) in [6, 6.07) is 13.7. The summed E-state index contributed by atoms with van der Waals surface area (Å²) in [7, 11) is 0. The van der Waals surface area contributed by atoms with Crippen LogP contribution in [-0.4, -0.2) is 44.8 Å². The molecule has 2 amide bonds. The fraction of sp³-hybridized carbons (Fsp3) is 0.167. The van der Waals surface area contributed by atoms with Crippen molar-refractivity contribution in [2.24, 2.45) is 0 Å². The van der Waals surface area contributed by atoms with Crippen LogP contribution in [-0.2, 0) is 4.79 Å². The zero-order valence-electron chi connectivity index (χ0n) is 14.9. The van der Waals surface area contributed by atoms with E-state index >= 15 is 0 Å². The molecule has 1 heterocycles. The lowest BCUT2D eigenvalue weighted by molar-refractivity contribution is -0.116. The van der Waals surface area contributed by atoms with Gasteiger partial charge in [0, 0.05) is 29.2 Å². The highest BCUT2D eigenvalue weighted by Crippen LogP contribution is 2.18. The third-order valence-electron chi connectivity index (χ3n) is 3.74. The third kappa shape index (κ3) is 5.08. The Morgan fingerprint density at radius 1 is 1.18 bits per heavy atom. The van der Waals surface area contributed by atoms with Crippen molar-refractivity contribution < 1.29 is 9.59 Å². The van der Waals surface area contributed by atoms with E-state index < -0.39 is 0 Å². The van der Waals surface area contributed by atoms with Crippen LogP contribution >= 0.6 is 23.4 Å². The van der Waals surface area contributed by atoms with E-state index in [1.54, 1.807) is 47.1 Å². The van der Waals surface area contributed by atoms with E-state index in [1.165, 1.54) is 11.8 Å². The van der Waals surface area contributed by atoms with Crippen LogP contribution in [0.4, 0.5) is 5.69 Å². The molecule has 8 nitrogen and oxygen atoms in total. The number of hydrogen-bond donors (Lipinski definition) is 2. The average molecular weight is 417 g/mol. The Morgan fingerprint density at radius 3 is 2.71 bits per heavy atom. The van der Waals surface area contributed by atoms with E-state index in [9.17, 15) is 9.59 Å². The van der Waals surface area contributed by atoms with Gasteiger partial charge in [-0.3, -0.25) is 9.59 Å². The van der Waals surface area contributed by atoms with Gasteiger partial charge in [0.15, 0.2) is 0 Å². The lowest BCUT2D eigenvalue weighted by Gasteiger charge is -2.09. The summed E-state index contributed by atoms with van der Waals surface area (Å²) < 4.78 is 1.59. The second-order valence-corrected chi connectivity index (χ2v) is 6.90. The fourth-order valence-electron chi connectivity index (χ4n) is 2.40. The molecule has 0 unspecified atom stereocenters. The van der Waals surface area contributed by atoms with Crippen molar-refractivity contribution in [1.29, 1.82) is 0 Å². The van der Waals surface area contributed by atoms with Crippen LogP contribution in [0.2, 0.25) is 5.02 Å². The molecule has 0 saturated carbocycles. The molecule has 0 saturated heterocycles. The molecule has 1 aromatic heterocycles. The number of hydrogen-bond acceptors (Lipinski definition) is 6. The summed E-state index contributed by atoms with van der Waals surface area (Å²) in [6.45, 7) is 0.219. The molecule has 0 atom stereocenters. The number of carbonyl (C=O) groups excluding carboxylic acids is 2. The van der Waals surface area contributed by atoms with Crippen LogP contribution in [0.1, 0.15) is 16.8 Å². The van der Waals surface area contributed by atoms with Gasteiger partial charge in [-0.2, -0.15) is 4.68 Å². The number of carbonyl (C=O) groups is 2. The number of benzene rings is 2. The maximum atomic E-state index is 12.2. The van der Waals surface area contributed by atoms with Gasteiger partial charge in [0.2, 0.25) is 11.1 Å². The van der Waals surface area contributed by atoms with Gasteiger partial charge in [-0.15, -0.1) is 5.10 Å². The number of anilines is 1. The van der Waals surface area contributed by atoms with Crippen LogP contribution in [0.25, 0.3) is 5.69 Å². The Morgan fingerprint density at radius 2 is 1.96 bits per heavy atom. The summed E-state index contributed by atoms with van der Waals surface area (Å²) in [6.07, 6.45) is 2.02. The number of nitrogens with one attached hydrogen (secondary N) is 2. The normalized spacial score (nSPS) is 10.5. The minimum Gasteiger partial charge on any atom is -0.352 e. The largest absolute Gasteiger partial charge is 0.352 e. The molecule has 0 bridgehead atoms. The first-order chi connectivity index (χ1) is 13.6. The number of nitrogens with zero attached hydrogens (tertiary/aromatic N) is 4. The Labute approximate surface area is 170 Å². The second kappa shape index (κ2) is 9.34. The minimum absolute atomic E-state index is 0.143. The molecular weight excluding hydrogens is 400 g/mol. The Kier molecular flexibility index (Phi) is 6.62. The van der Waals surface area contributed by atoms with Gasteiger partial charge in [-0.05, 0) is 59.1 Å². The molecule has 0 radical (unpaired) electrons. The Bertz CT molecular complexity index is 976. The standard InChI is InChI=1S/C18H17ClN6O2S/c1-28-18-22-23-24-25(18)15-4-2-3-14(11-15)21-16(26)9-10-20-17(27)12-5-7-13(19)8-6-12/h2-8,11H,9-10H2,1H3,(H,20,27)(H,21,26). The van der Waals surface area contributed by atoms with Crippen LogP contribution < -0.4 is 10.6 Å². The number of halogens is 1. The molecule has 0 aliphatic heterocycles. The first kappa shape index (κ1) is 19.8. The van der Waals surface area contributed by atoms with Crippen molar-refractivity contribution in [3.63, 3.8) is 0 Å². The molecule has 0 spiro atoms. The highest BCUT2D eigenvalue weighted by atomic mass is 35.5. The fourth-order valence-corrected chi connectivity index (χ4v) is 2.96. The Balaban J connectivity index is 1.53. The van der Waals surface area contributed by atoms with Crippen LogP contribution in [0.15, 0.2) is 53.7 Å². The highest BCUT2D eigenvalue weighted by Gasteiger charge is 2.10. The summed E-state index contributed by atoms with van der Waals surface area (Å²) in [5.74, 6) is -0.467. The third-order valence-corrected chi connectivity index (χ3v) is 4.61. The zero-order valence-corrected chi connectivity index (χ0v) is 16.5. The van der Waals surface area contributed by atoms with Crippen molar-refractivity contribution in [3.05, 3.63) is 59.1 Å². The zero-order chi connectivity index (χ0) is 19.9. The van der Waals surface area contributed by atoms with Crippen LogP contribution in [0.3, 0.4) is 0 Å². The maximum Gasteiger partial charge on any atom is 0.251 e. The molecular formula is C18H17ClN6O2S. The van der Waals surface area contributed by atoms with Gasteiger partial charge in [0.25, 0.3) is 5.91 Å². The van der Waals surface area contributed by atoms with Crippen LogP contribution in [0, 0.1) is 0 Å². The molecule has 3 aromatic rings. The van der Waals surface area contributed by atoms with Crippen LogP contribution in [0.5, 0.6) is 0 Å². The van der Waals surface area contributed by atoms with E-state index in [-0.39, 0.29) is 24.8 Å². The van der Waals surface area contributed by atoms with Gasteiger partial charge in [0.05, 0.1) is 5.69 Å². The molecule has 144 valence electrons. The van der Waals surface area contributed by atoms with Gasteiger partial charge in [0.1, 0.15) is 0 Å². The Hall–Kier alpha value is -2.91. The van der Waals surface area contributed by atoms with E-state index in [2.05, 4.69) is 26.2 Å². The lowest BCUT2D eigenvalue weighted by atomic mass is 10.2. The van der Waals surface area contributed by atoms with E-state index in [0.717, 1.165) is 5.69 Å². The number of aromatic nitrogens is 4. The monoisotopic (exact) mass is 416 g/mol. The quantitative estimate of drug-likeness (QED) is 0.574. The second-order valence-electron chi connectivity index (χ2n) is 5.69. The molecule has 0 fully saturated rings. The predicted molar refractivity (Wildman–Crippen MR) is 108 cm³/mol. The van der Waals surface area contributed by atoms with Gasteiger partial charge < -0.3 is 10.6 Å². The predicted octanol–water partition coefficient (Wildman–Crippen LogP) is 2.80. The van der Waals surface area contributed by atoms with Gasteiger partial charge >= 0.3 is 0 Å². The number of tetrazole rings is 1. The molecule has 0 aliphatic carbocycles. The average Bonchev–Trinajstić information content (AvgIpc) is 3.17. The molecule has 3 rings (SSSR count).